The van der Waals surface area contributed by atoms with Crippen LogP contribution in [0.25, 0.3) is 28.0 Å². The largest absolute Gasteiger partial charge is 0.508 e. The maximum Gasteiger partial charge on any atom is 0.416 e. The van der Waals surface area contributed by atoms with Gasteiger partial charge in [-0.15, -0.1) is 0 Å². The fourth-order valence-electron chi connectivity index (χ4n) is 14.0. The first kappa shape index (κ1) is 54.1. The molecular formula is C65H68F6N2O6. The molecule has 0 radical (unpaired) electrons. The Morgan fingerprint density at radius 3 is 1.86 bits per heavy atom. The molecule has 0 unspecified atom stereocenters. The molecule has 2 N–H and O–H groups in total. The molecular weight excluding hydrogens is 1020 g/mol. The number of ether oxygens (including phenoxy) is 3. The molecule has 0 amide bonds. The summed E-state index contributed by atoms with van der Waals surface area (Å²) in [6.07, 6.45) is 7.86. The number of aromatic hydroxyl groups is 2. The Morgan fingerprint density at radius 2 is 1.29 bits per heavy atom. The first-order valence-corrected chi connectivity index (χ1v) is 28.1. The summed E-state index contributed by atoms with van der Waals surface area (Å²) >= 11 is 0. The van der Waals surface area contributed by atoms with Gasteiger partial charge in [-0.05, 0) is 163 Å². The van der Waals surface area contributed by atoms with Crippen molar-refractivity contribution in [3.05, 3.63) is 142 Å². The lowest BCUT2D eigenvalue weighted by atomic mass is 9.68. The first-order chi connectivity index (χ1) is 37.8. The molecule has 2 saturated carbocycles. The highest BCUT2D eigenvalue weighted by atomic mass is 19.4. The molecule has 0 bridgehead atoms. The van der Waals surface area contributed by atoms with Crippen molar-refractivity contribution in [2.24, 2.45) is 23.7 Å². The van der Waals surface area contributed by atoms with Crippen LogP contribution < -0.4 is 24.0 Å². The number of unbranched alkanes of at least 4 members (excludes halogenated alkanes) is 2. The number of halogens is 6. The van der Waals surface area contributed by atoms with E-state index in [1.54, 1.807) is 56.3 Å². The molecule has 1 saturated heterocycles. The van der Waals surface area contributed by atoms with Gasteiger partial charge >= 0.3 is 18.3 Å². The summed E-state index contributed by atoms with van der Waals surface area (Å²) in [5, 5.41) is 21.5. The van der Waals surface area contributed by atoms with Crippen LogP contribution in [0.4, 0.5) is 37.7 Å². The predicted molar refractivity (Wildman–Crippen MR) is 296 cm³/mol. The van der Waals surface area contributed by atoms with Gasteiger partial charge < -0.3 is 34.2 Å². The van der Waals surface area contributed by atoms with Gasteiger partial charge in [0.25, 0.3) is 0 Å². The van der Waals surface area contributed by atoms with Crippen LogP contribution in [-0.2, 0) is 28.2 Å². The number of alkyl halides is 6. The number of carbonyl (C=O) groups is 1. The molecule has 14 heteroatoms. The lowest BCUT2D eigenvalue weighted by molar-refractivity contribution is -0.144. The average Bonchev–Trinajstić information content (AvgIpc) is 3.97. The van der Waals surface area contributed by atoms with E-state index >= 15 is 13.2 Å². The van der Waals surface area contributed by atoms with E-state index in [4.69, 9.17) is 14.2 Å². The number of phenols is 2. The van der Waals surface area contributed by atoms with Gasteiger partial charge in [-0.25, -0.2) is 0 Å². The van der Waals surface area contributed by atoms with Crippen LogP contribution in [0.1, 0.15) is 137 Å². The predicted octanol–water partition coefficient (Wildman–Crippen LogP) is 16.4. The van der Waals surface area contributed by atoms with Crippen LogP contribution in [0, 0.1) is 23.7 Å². The maximum absolute atomic E-state index is 15.3. The van der Waals surface area contributed by atoms with Gasteiger partial charge in [0.1, 0.15) is 28.7 Å². The van der Waals surface area contributed by atoms with E-state index in [-0.39, 0.29) is 51.9 Å². The summed E-state index contributed by atoms with van der Waals surface area (Å²) in [5.41, 5.74) is -2.42. The Morgan fingerprint density at radius 1 is 0.696 bits per heavy atom. The molecule has 8 nitrogen and oxygen atoms in total. The van der Waals surface area contributed by atoms with Crippen molar-refractivity contribution in [2.75, 3.05) is 43.1 Å². The van der Waals surface area contributed by atoms with E-state index in [1.165, 1.54) is 82.7 Å². The molecule has 0 spiro atoms. The normalized spacial score (nSPS) is 21.5. The molecule has 11 rings (SSSR count). The number of carbonyl (C=O) groups excluding carboxylic acids is 1. The Bertz CT molecular complexity index is 3210. The van der Waals surface area contributed by atoms with E-state index < -0.39 is 34.5 Å². The van der Waals surface area contributed by atoms with E-state index in [0.29, 0.717) is 82.3 Å². The molecule has 416 valence electrons. The van der Waals surface area contributed by atoms with Crippen molar-refractivity contribution >= 4 is 34.2 Å². The third kappa shape index (κ3) is 10.1. The minimum absolute atomic E-state index is 0.00208. The minimum Gasteiger partial charge on any atom is -0.508 e. The summed E-state index contributed by atoms with van der Waals surface area (Å²) < 4.78 is 109. The van der Waals surface area contributed by atoms with Gasteiger partial charge in [-0.1, -0.05) is 89.6 Å². The average molecular weight is 1090 g/mol. The standard InChI is InChI=1S/C65H68F6N2O6/c1-5-6-7-8-39-9-11-40(12-10-39)41-13-15-42(16-14-41)61(76)78-49-27-21-46(22-28-49)72-31-33-73(34-32-72)55-37-51-52(38-56(55)77-4)60-50(29-30-63(79-60,43-17-23-47(74)24-18-43)44-19-25-48(75)26-20-44)59-57(51)53-35-45(64(66,67)68)36-54(65(69,70)71)58(53)62(59,2)3/h17-30,35-42,74-75H,5-16,31-34H2,1-4H3/t39-,40-,41-,42-. The highest BCUT2D eigenvalue weighted by Crippen LogP contribution is 2.62. The number of hydrogen-bond acceptors (Lipinski definition) is 8. The molecule has 0 atom stereocenters. The van der Waals surface area contributed by atoms with E-state index in [0.717, 1.165) is 49.3 Å². The number of hydrogen-bond donors (Lipinski definition) is 2. The van der Waals surface area contributed by atoms with Gasteiger partial charge in [0.05, 0.1) is 29.8 Å². The smallest absolute Gasteiger partial charge is 0.416 e. The third-order valence-corrected chi connectivity index (χ3v) is 18.1. The van der Waals surface area contributed by atoms with Crippen molar-refractivity contribution in [1.82, 2.24) is 0 Å². The summed E-state index contributed by atoms with van der Waals surface area (Å²) in [5.74, 6) is 3.29. The SMILES string of the molecule is CCCCC[C@H]1CC[C@H]([C@H]2CC[C@H](C(=O)Oc3ccc(N4CCN(c5cc6c7c(c8c(c6cc5OC)OC(c5ccc(O)cc5)(c5ccc(O)cc5)C=C8)C(C)(C)c5c-7cc(C(F)(F)F)cc5C(F)(F)F)CC4)cc3)CC2)CC1. The van der Waals surface area contributed by atoms with Crippen molar-refractivity contribution in [1.29, 1.82) is 0 Å². The number of nitrogens with zero attached hydrogens (tertiary/aromatic N) is 2. The molecule has 5 aliphatic rings. The fraction of sp³-hybridized carbons (Fsp3) is 0.431. The summed E-state index contributed by atoms with van der Waals surface area (Å²) in [4.78, 5) is 17.8. The zero-order chi connectivity index (χ0) is 55.6. The van der Waals surface area contributed by atoms with Gasteiger partial charge in [0.2, 0.25) is 0 Å². The second-order valence-corrected chi connectivity index (χ2v) is 23.2. The lowest BCUT2D eigenvalue weighted by Gasteiger charge is -2.39. The number of phenolic OH excluding ortho intramolecular Hbond substituents is 2. The summed E-state index contributed by atoms with van der Waals surface area (Å²) in [6.45, 7) is 7.56. The van der Waals surface area contributed by atoms with Crippen LogP contribution in [0.3, 0.4) is 0 Å². The summed E-state index contributed by atoms with van der Waals surface area (Å²) in [6, 6.07) is 25.0. The first-order valence-electron chi connectivity index (χ1n) is 28.1. The Kier molecular flexibility index (Phi) is 14.4. The van der Waals surface area contributed by atoms with Crippen molar-refractivity contribution in [2.45, 2.75) is 121 Å². The Hall–Kier alpha value is -6.83. The number of fused-ring (bicyclic) bond motifs is 8. The number of methoxy groups -OCH3 is 1. The van der Waals surface area contributed by atoms with E-state index in [1.807, 2.05) is 30.3 Å². The lowest BCUT2D eigenvalue weighted by Crippen LogP contribution is -2.46. The van der Waals surface area contributed by atoms with Gasteiger partial charge in [-0.2, -0.15) is 26.3 Å². The highest BCUT2D eigenvalue weighted by Gasteiger charge is 2.50. The van der Waals surface area contributed by atoms with Crippen molar-refractivity contribution in [3.63, 3.8) is 0 Å². The van der Waals surface area contributed by atoms with Crippen LogP contribution in [-0.4, -0.2) is 49.5 Å². The third-order valence-electron chi connectivity index (χ3n) is 18.1. The molecule has 2 heterocycles. The minimum atomic E-state index is -5.14. The zero-order valence-corrected chi connectivity index (χ0v) is 45.2. The molecule has 3 fully saturated rings. The fourth-order valence-corrected chi connectivity index (χ4v) is 14.0. The molecule has 2 aliphatic heterocycles. The number of rotatable bonds is 12. The van der Waals surface area contributed by atoms with Gasteiger partial charge in [0, 0.05) is 59.4 Å². The van der Waals surface area contributed by atoms with Crippen LogP contribution in [0.2, 0.25) is 0 Å². The van der Waals surface area contributed by atoms with Crippen LogP contribution in [0.15, 0.2) is 103 Å². The van der Waals surface area contributed by atoms with Gasteiger partial charge in [-0.3, -0.25) is 4.79 Å². The number of anilines is 2. The summed E-state index contributed by atoms with van der Waals surface area (Å²) in [7, 11) is 1.52. The molecule has 6 aromatic rings. The monoisotopic (exact) mass is 1090 g/mol. The van der Waals surface area contributed by atoms with Crippen molar-refractivity contribution in [3.8, 4) is 39.9 Å². The molecule has 79 heavy (non-hydrogen) atoms. The van der Waals surface area contributed by atoms with Crippen LogP contribution >= 0.6 is 0 Å². The second-order valence-electron chi connectivity index (χ2n) is 23.2. The zero-order valence-electron chi connectivity index (χ0n) is 45.2. The Labute approximate surface area is 458 Å². The quantitative estimate of drug-likeness (QED) is 0.0542. The maximum atomic E-state index is 15.3. The van der Waals surface area contributed by atoms with E-state index in [2.05, 4.69) is 16.7 Å². The second kappa shape index (κ2) is 21.0. The Balaban J connectivity index is 0.884. The highest BCUT2D eigenvalue weighted by molar-refractivity contribution is 6.10. The van der Waals surface area contributed by atoms with Crippen LogP contribution in [0.5, 0.6) is 28.7 Å². The van der Waals surface area contributed by atoms with Gasteiger partial charge in [0.15, 0.2) is 5.60 Å². The number of piperazine rings is 1. The van der Waals surface area contributed by atoms with Crippen molar-refractivity contribution < 1.29 is 55.6 Å². The van der Waals surface area contributed by atoms with E-state index in [9.17, 15) is 28.2 Å². The number of benzene rings is 6. The molecule has 3 aliphatic carbocycles. The number of esters is 1. The molecule has 6 aromatic carbocycles. The topological polar surface area (TPSA) is 91.7 Å². The molecule has 0 aromatic heterocycles.